The van der Waals surface area contributed by atoms with E-state index < -0.39 is 61.1 Å². The van der Waals surface area contributed by atoms with Gasteiger partial charge in [-0.25, -0.2) is 13.7 Å². The number of hydrogen-bond acceptors (Lipinski definition) is 9. The summed E-state index contributed by atoms with van der Waals surface area (Å²) in [7, 11) is -16.1. The summed E-state index contributed by atoms with van der Waals surface area (Å²) in [5.41, 5.74) is 0. The van der Waals surface area contributed by atoms with Crippen molar-refractivity contribution in [3.05, 3.63) is 0 Å². The Hall–Kier alpha value is 0.210. The molecule has 0 aromatic heterocycles. The molecular formula is C6H17O15P3. The van der Waals surface area contributed by atoms with E-state index in [0.717, 1.165) is 0 Å². The Bertz CT molecular complexity index is 517. The predicted octanol–water partition coefficient (Wildman–Crippen LogP) is -3.23. The third-order valence-corrected chi connectivity index (χ3v) is 3.77. The van der Waals surface area contributed by atoms with E-state index in [1.165, 1.54) is 0 Å². The first kappa shape index (κ1) is 24.2. The number of rotatable bonds is 11. The maximum absolute atomic E-state index is 10.9. The van der Waals surface area contributed by atoms with Gasteiger partial charge >= 0.3 is 23.5 Å². The summed E-state index contributed by atoms with van der Waals surface area (Å²) in [4.78, 5) is 52.1. The highest BCUT2D eigenvalue weighted by Crippen LogP contribution is 2.45. The summed E-state index contributed by atoms with van der Waals surface area (Å²) in [6.45, 7) is -2.57. The van der Waals surface area contributed by atoms with Gasteiger partial charge in [0.05, 0.1) is 13.2 Å². The van der Waals surface area contributed by atoms with E-state index in [4.69, 9.17) is 34.5 Å². The van der Waals surface area contributed by atoms with Crippen molar-refractivity contribution in [3.63, 3.8) is 0 Å². The lowest BCUT2D eigenvalue weighted by molar-refractivity contribution is -0.116. The van der Waals surface area contributed by atoms with Gasteiger partial charge in [0.25, 0.3) is 0 Å². The van der Waals surface area contributed by atoms with Crippen LogP contribution in [-0.2, 0) is 27.3 Å². The van der Waals surface area contributed by atoms with E-state index in [1.54, 1.807) is 0 Å². The molecule has 0 saturated carbocycles. The van der Waals surface area contributed by atoms with Crippen LogP contribution in [0.1, 0.15) is 0 Å². The van der Waals surface area contributed by atoms with Crippen LogP contribution >= 0.6 is 23.5 Å². The Morgan fingerprint density at radius 2 is 1.25 bits per heavy atom. The van der Waals surface area contributed by atoms with Gasteiger partial charge in [-0.15, -0.1) is 0 Å². The van der Waals surface area contributed by atoms with Gasteiger partial charge < -0.3 is 44.7 Å². The second kappa shape index (κ2) is 9.24. The lowest BCUT2D eigenvalue weighted by Gasteiger charge is -2.32. The Morgan fingerprint density at radius 1 is 0.792 bits per heavy atom. The summed E-state index contributed by atoms with van der Waals surface area (Å²) < 4.78 is 44.4. The van der Waals surface area contributed by atoms with Gasteiger partial charge in [0.15, 0.2) is 0 Å². The molecule has 0 rings (SSSR count). The van der Waals surface area contributed by atoms with Gasteiger partial charge in [0, 0.05) is 0 Å². The summed E-state index contributed by atoms with van der Waals surface area (Å²) >= 11 is 0. The fraction of sp³-hybridized carbons (Fsp3) is 1.00. The molecule has 0 aliphatic carbocycles. The number of aliphatic hydroxyl groups excluding tert-OH is 3. The molecule has 15 nitrogen and oxygen atoms in total. The van der Waals surface area contributed by atoms with Crippen LogP contribution < -0.4 is 0 Å². The van der Waals surface area contributed by atoms with Crippen LogP contribution in [-0.4, -0.2) is 82.3 Å². The summed E-state index contributed by atoms with van der Waals surface area (Å²) in [6.07, 6.45) is -9.31. The Labute approximate surface area is 134 Å². The minimum Gasteiger partial charge on any atom is -0.394 e. The van der Waals surface area contributed by atoms with Crippen molar-refractivity contribution in [2.24, 2.45) is 0 Å². The fourth-order valence-electron chi connectivity index (χ4n) is 1.37. The van der Waals surface area contributed by atoms with Gasteiger partial charge in [-0.3, -0.25) is 13.6 Å². The van der Waals surface area contributed by atoms with Gasteiger partial charge in [-0.05, 0) is 0 Å². The molecule has 0 radical (unpaired) electrons. The van der Waals surface area contributed by atoms with E-state index >= 15 is 0 Å². The average molecular weight is 422 g/mol. The number of aliphatic hydroxyl groups is 3. The van der Waals surface area contributed by atoms with E-state index in [-0.39, 0.29) is 0 Å². The van der Waals surface area contributed by atoms with E-state index in [9.17, 15) is 23.9 Å². The van der Waals surface area contributed by atoms with Gasteiger partial charge in [0.2, 0.25) is 0 Å². The van der Waals surface area contributed by atoms with Crippen molar-refractivity contribution in [3.8, 4) is 0 Å². The molecule has 0 fully saturated rings. The summed E-state index contributed by atoms with van der Waals surface area (Å²) in [5, 5.41) is 27.7. The molecule has 0 aromatic carbocycles. The third kappa shape index (κ3) is 10.9. The molecule has 146 valence electrons. The molecule has 9 N–H and O–H groups in total. The normalized spacial score (nSPS) is 18.9. The minimum absolute atomic E-state index is 1.16. The van der Waals surface area contributed by atoms with Crippen LogP contribution in [0.4, 0.5) is 0 Å². The van der Waals surface area contributed by atoms with Crippen molar-refractivity contribution in [2.75, 3.05) is 13.2 Å². The Balaban J connectivity index is 5.62. The minimum atomic E-state index is -5.44. The largest absolute Gasteiger partial charge is 0.470 e. The van der Waals surface area contributed by atoms with Crippen LogP contribution in [0.15, 0.2) is 0 Å². The van der Waals surface area contributed by atoms with Crippen LogP contribution in [0.25, 0.3) is 0 Å². The highest BCUT2D eigenvalue weighted by molar-refractivity contribution is 7.47. The second-order valence-electron chi connectivity index (χ2n) is 4.22. The maximum atomic E-state index is 10.9. The van der Waals surface area contributed by atoms with E-state index in [1.807, 2.05) is 0 Å². The van der Waals surface area contributed by atoms with Crippen LogP contribution in [0, 0.1) is 0 Å². The lowest BCUT2D eigenvalue weighted by Crippen LogP contribution is -2.49. The first-order valence-corrected chi connectivity index (χ1v) is 10.3. The lowest BCUT2D eigenvalue weighted by atomic mass is 10.0. The molecule has 4 atom stereocenters. The standard InChI is InChI=1S/C6H17O15P3/c7-1-3(8)5(9)6(21-24(16,17)18)4(20-23(13,14)15)2-19-22(10,11)12/h3-9H,1-2H2,(H2,10,11,12)(H2,13,14,15)(H2,16,17,18)/t3-,4-,5+,6-/m1/s1. The molecule has 18 heteroatoms. The summed E-state index contributed by atoms with van der Waals surface area (Å²) in [6, 6.07) is 0. The smallest absolute Gasteiger partial charge is 0.394 e. The molecule has 0 spiro atoms. The molecule has 0 amide bonds. The monoisotopic (exact) mass is 422 g/mol. The van der Waals surface area contributed by atoms with Crippen molar-refractivity contribution < 1.29 is 71.9 Å². The second-order valence-corrected chi connectivity index (χ2v) is 7.85. The van der Waals surface area contributed by atoms with Crippen molar-refractivity contribution in [1.82, 2.24) is 0 Å². The SMILES string of the molecule is O=P(O)(O)OC[C@@H](OP(=O)(O)O)[C@@H](OP(=O)(O)O)[C@@H](O)[C@H](O)CO. The number of phosphoric acid groups is 3. The zero-order chi connectivity index (χ0) is 19.3. The van der Waals surface area contributed by atoms with Gasteiger partial charge in [-0.2, -0.15) is 0 Å². The first-order chi connectivity index (χ1) is 10.6. The number of hydrogen-bond donors (Lipinski definition) is 9. The topological polar surface area (TPSA) is 261 Å². The maximum Gasteiger partial charge on any atom is 0.470 e. The highest BCUT2D eigenvalue weighted by Gasteiger charge is 2.42. The molecule has 0 aromatic rings. The van der Waals surface area contributed by atoms with Crippen LogP contribution in [0.3, 0.4) is 0 Å². The molecule has 0 unspecified atom stereocenters. The molecule has 0 heterocycles. The summed E-state index contributed by atoms with van der Waals surface area (Å²) in [5.74, 6) is 0. The number of phosphoric ester groups is 3. The molecule has 24 heavy (non-hydrogen) atoms. The zero-order valence-corrected chi connectivity index (χ0v) is 14.2. The fourth-order valence-corrected chi connectivity index (χ4v) is 2.82. The van der Waals surface area contributed by atoms with Crippen molar-refractivity contribution in [2.45, 2.75) is 24.4 Å². The van der Waals surface area contributed by atoms with E-state index in [0.29, 0.717) is 0 Å². The quantitative estimate of drug-likeness (QED) is 0.148. The molecule has 0 aliphatic rings. The highest BCUT2D eigenvalue weighted by atomic mass is 31.2. The Kier molecular flexibility index (Phi) is 9.32. The van der Waals surface area contributed by atoms with E-state index in [2.05, 4.69) is 13.6 Å². The molecule has 0 saturated heterocycles. The Morgan fingerprint density at radius 3 is 1.58 bits per heavy atom. The van der Waals surface area contributed by atoms with Crippen molar-refractivity contribution >= 4 is 23.5 Å². The molecular weight excluding hydrogens is 405 g/mol. The molecule has 0 aliphatic heterocycles. The third-order valence-electron chi connectivity index (χ3n) is 2.22. The van der Waals surface area contributed by atoms with Crippen LogP contribution in [0.5, 0.6) is 0 Å². The van der Waals surface area contributed by atoms with Gasteiger partial charge in [-0.1, -0.05) is 0 Å². The predicted molar refractivity (Wildman–Crippen MR) is 70.9 cm³/mol. The zero-order valence-electron chi connectivity index (χ0n) is 11.5. The van der Waals surface area contributed by atoms with Gasteiger partial charge in [0.1, 0.15) is 24.4 Å². The first-order valence-electron chi connectivity index (χ1n) is 5.70. The molecule has 0 bridgehead atoms. The van der Waals surface area contributed by atoms with Crippen molar-refractivity contribution in [1.29, 1.82) is 0 Å². The average Bonchev–Trinajstić information content (AvgIpc) is 2.36. The van der Waals surface area contributed by atoms with Crippen LogP contribution in [0.2, 0.25) is 0 Å².